The smallest absolute Gasteiger partial charge is 0.283 e. The maximum Gasteiger partial charge on any atom is 0.283 e. The van der Waals surface area contributed by atoms with Crippen LogP contribution in [0.2, 0.25) is 0 Å². The predicted octanol–water partition coefficient (Wildman–Crippen LogP) is 3.94. The van der Waals surface area contributed by atoms with E-state index in [-0.39, 0.29) is 12.5 Å². The van der Waals surface area contributed by atoms with E-state index in [1.807, 2.05) is 25.1 Å². The third-order valence-electron chi connectivity index (χ3n) is 4.52. The van der Waals surface area contributed by atoms with E-state index in [4.69, 9.17) is 18.3 Å². The van der Waals surface area contributed by atoms with Gasteiger partial charge >= 0.3 is 0 Å². The highest BCUT2D eigenvalue weighted by molar-refractivity contribution is 5.91. The summed E-state index contributed by atoms with van der Waals surface area (Å²) >= 11 is 0. The van der Waals surface area contributed by atoms with Crippen molar-refractivity contribution in [3.05, 3.63) is 54.1 Å². The van der Waals surface area contributed by atoms with Crippen molar-refractivity contribution in [2.24, 2.45) is 0 Å². The summed E-state index contributed by atoms with van der Waals surface area (Å²) in [7, 11) is 0. The van der Waals surface area contributed by atoms with Gasteiger partial charge in [0, 0.05) is 19.0 Å². The van der Waals surface area contributed by atoms with Crippen LogP contribution in [0, 0.1) is 0 Å². The number of carbonyl (C=O) groups excluding carboxylic acids is 1. The van der Waals surface area contributed by atoms with Crippen LogP contribution in [0.5, 0.6) is 11.5 Å². The van der Waals surface area contributed by atoms with Crippen LogP contribution in [-0.4, -0.2) is 40.8 Å². The number of rotatable bonds is 7. The van der Waals surface area contributed by atoms with Gasteiger partial charge in [0.15, 0.2) is 17.3 Å². The Morgan fingerprint density at radius 1 is 1.17 bits per heavy atom. The molecule has 8 nitrogen and oxygen atoms in total. The van der Waals surface area contributed by atoms with E-state index in [1.54, 1.807) is 29.2 Å². The lowest BCUT2D eigenvalue weighted by Gasteiger charge is -2.18. The van der Waals surface area contributed by atoms with Gasteiger partial charge in [-0.15, -0.1) is 10.2 Å². The van der Waals surface area contributed by atoms with Gasteiger partial charge in [-0.1, -0.05) is 13.0 Å². The molecule has 0 bridgehead atoms. The molecule has 0 aliphatic carbocycles. The van der Waals surface area contributed by atoms with Crippen LogP contribution in [0.3, 0.4) is 0 Å². The molecule has 0 fully saturated rings. The summed E-state index contributed by atoms with van der Waals surface area (Å²) in [5.74, 6) is 2.43. The summed E-state index contributed by atoms with van der Waals surface area (Å²) in [5, 5.41) is 8.01. The van der Waals surface area contributed by atoms with Crippen molar-refractivity contribution < 1.29 is 23.1 Å². The monoisotopic (exact) mass is 409 g/mol. The fourth-order valence-electron chi connectivity index (χ4n) is 3.07. The zero-order valence-corrected chi connectivity index (χ0v) is 16.7. The van der Waals surface area contributed by atoms with E-state index in [0.717, 1.165) is 24.2 Å². The molecule has 1 aliphatic rings. The Hall–Kier alpha value is -3.55. The molecule has 0 spiro atoms. The highest BCUT2D eigenvalue weighted by atomic mass is 16.5. The molecule has 0 saturated heterocycles. The van der Waals surface area contributed by atoms with Gasteiger partial charge in [0.2, 0.25) is 11.8 Å². The van der Waals surface area contributed by atoms with Gasteiger partial charge in [-0.3, -0.25) is 4.79 Å². The standard InChI is InChI=1S/C22H23N3O5/c1-2-10-25(15-20-23-24-22(30-20)18-5-3-11-28-18)21(26)9-7-16-6-8-17-19(14-16)29-13-4-12-27-17/h3,5-9,11,14H,2,4,10,12-13,15H2,1H3/b9-7+. The molecule has 0 unspecified atom stereocenters. The first-order valence-electron chi connectivity index (χ1n) is 9.96. The summed E-state index contributed by atoms with van der Waals surface area (Å²) in [6, 6.07) is 9.13. The van der Waals surface area contributed by atoms with Crippen molar-refractivity contribution in [1.29, 1.82) is 0 Å². The zero-order chi connectivity index (χ0) is 20.8. The van der Waals surface area contributed by atoms with Crippen molar-refractivity contribution in [3.8, 4) is 23.1 Å². The van der Waals surface area contributed by atoms with Gasteiger partial charge in [-0.05, 0) is 42.3 Å². The molecule has 1 aromatic carbocycles. The number of hydrogen-bond acceptors (Lipinski definition) is 7. The van der Waals surface area contributed by atoms with Crippen molar-refractivity contribution >= 4 is 12.0 Å². The molecule has 2 aromatic heterocycles. The Labute approximate surface area is 174 Å². The predicted molar refractivity (Wildman–Crippen MR) is 109 cm³/mol. The lowest BCUT2D eigenvalue weighted by atomic mass is 10.2. The van der Waals surface area contributed by atoms with Crippen LogP contribution in [0.25, 0.3) is 17.7 Å². The van der Waals surface area contributed by atoms with Crippen LogP contribution < -0.4 is 9.47 Å². The summed E-state index contributed by atoms with van der Waals surface area (Å²) in [6.07, 6.45) is 6.50. The third-order valence-corrected chi connectivity index (χ3v) is 4.52. The van der Waals surface area contributed by atoms with Crippen LogP contribution in [0.1, 0.15) is 31.2 Å². The number of benzene rings is 1. The van der Waals surface area contributed by atoms with Crippen LogP contribution in [-0.2, 0) is 11.3 Å². The van der Waals surface area contributed by atoms with Crippen LogP contribution in [0.4, 0.5) is 0 Å². The molecule has 1 aliphatic heterocycles. The van der Waals surface area contributed by atoms with E-state index in [0.29, 0.717) is 43.0 Å². The number of aromatic nitrogens is 2. The van der Waals surface area contributed by atoms with Gasteiger partial charge in [-0.2, -0.15) is 0 Å². The maximum absolute atomic E-state index is 12.8. The lowest BCUT2D eigenvalue weighted by Crippen LogP contribution is -2.29. The van der Waals surface area contributed by atoms with E-state index in [9.17, 15) is 4.79 Å². The minimum absolute atomic E-state index is 0.137. The topological polar surface area (TPSA) is 90.8 Å². The molecular formula is C22H23N3O5. The number of amides is 1. The Morgan fingerprint density at radius 2 is 2.03 bits per heavy atom. The molecular weight excluding hydrogens is 386 g/mol. The van der Waals surface area contributed by atoms with Crippen LogP contribution in [0.15, 0.2) is 51.5 Å². The van der Waals surface area contributed by atoms with Crippen molar-refractivity contribution in [3.63, 3.8) is 0 Å². The second kappa shape index (κ2) is 9.30. The summed E-state index contributed by atoms with van der Waals surface area (Å²) < 4.78 is 22.2. The zero-order valence-electron chi connectivity index (χ0n) is 16.7. The minimum Gasteiger partial charge on any atom is -0.490 e. The molecule has 3 aromatic rings. The molecule has 0 atom stereocenters. The normalized spacial score (nSPS) is 13.4. The minimum atomic E-state index is -0.137. The molecule has 4 rings (SSSR count). The number of carbonyl (C=O) groups is 1. The van der Waals surface area contributed by atoms with Gasteiger partial charge in [0.1, 0.15) is 0 Å². The fourth-order valence-corrected chi connectivity index (χ4v) is 3.07. The highest BCUT2D eigenvalue weighted by Gasteiger charge is 2.17. The Bertz CT molecular complexity index is 1010. The third kappa shape index (κ3) is 4.71. The largest absolute Gasteiger partial charge is 0.490 e. The highest BCUT2D eigenvalue weighted by Crippen LogP contribution is 2.30. The van der Waals surface area contributed by atoms with Gasteiger partial charge in [-0.25, -0.2) is 0 Å². The number of furan rings is 1. The first-order chi connectivity index (χ1) is 14.7. The second-order valence-corrected chi connectivity index (χ2v) is 6.83. The number of ether oxygens (including phenoxy) is 2. The Kier molecular flexibility index (Phi) is 6.12. The lowest BCUT2D eigenvalue weighted by molar-refractivity contribution is -0.126. The van der Waals surface area contributed by atoms with E-state index in [1.165, 1.54) is 6.26 Å². The van der Waals surface area contributed by atoms with Crippen LogP contribution >= 0.6 is 0 Å². The summed E-state index contributed by atoms with van der Waals surface area (Å²) in [6.45, 7) is 4.07. The van der Waals surface area contributed by atoms with Crippen molar-refractivity contribution in [2.45, 2.75) is 26.3 Å². The van der Waals surface area contributed by atoms with Gasteiger partial charge in [0.05, 0.1) is 26.0 Å². The Balaban J connectivity index is 1.44. The van der Waals surface area contributed by atoms with E-state index < -0.39 is 0 Å². The first kappa shape index (κ1) is 19.8. The molecule has 156 valence electrons. The van der Waals surface area contributed by atoms with Crippen molar-refractivity contribution in [1.82, 2.24) is 15.1 Å². The molecule has 8 heteroatoms. The van der Waals surface area contributed by atoms with Gasteiger partial charge < -0.3 is 23.2 Å². The van der Waals surface area contributed by atoms with Gasteiger partial charge in [0.25, 0.3) is 5.89 Å². The molecule has 3 heterocycles. The quantitative estimate of drug-likeness (QED) is 0.546. The second-order valence-electron chi connectivity index (χ2n) is 6.83. The number of fused-ring (bicyclic) bond motifs is 1. The van der Waals surface area contributed by atoms with E-state index >= 15 is 0 Å². The average Bonchev–Trinajstić information content (AvgIpc) is 3.39. The summed E-state index contributed by atoms with van der Waals surface area (Å²) in [4.78, 5) is 14.4. The van der Waals surface area contributed by atoms with E-state index in [2.05, 4.69) is 10.2 Å². The average molecular weight is 409 g/mol. The SMILES string of the molecule is CCCN(Cc1nnc(-c2ccco2)o1)C(=O)/C=C/c1ccc2c(c1)OCCCO2. The Morgan fingerprint density at radius 3 is 2.83 bits per heavy atom. The molecule has 30 heavy (non-hydrogen) atoms. The summed E-state index contributed by atoms with van der Waals surface area (Å²) in [5.41, 5.74) is 0.863. The molecule has 0 radical (unpaired) electrons. The fraction of sp³-hybridized carbons (Fsp3) is 0.318. The molecule has 0 N–H and O–H groups in total. The van der Waals surface area contributed by atoms with Crippen molar-refractivity contribution in [2.75, 3.05) is 19.8 Å². The number of hydrogen-bond donors (Lipinski definition) is 0. The maximum atomic E-state index is 12.8. The molecule has 0 saturated carbocycles. The first-order valence-corrected chi connectivity index (χ1v) is 9.96. The number of nitrogens with zero attached hydrogens (tertiary/aromatic N) is 3. The molecule has 1 amide bonds.